The third kappa shape index (κ3) is 1.28. The lowest BCUT2D eigenvalue weighted by Gasteiger charge is -1.97. The molecule has 66 valence electrons. The van der Waals surface area contributed by atoms with Crippen LogP contribution in [-0.4, -0.2) is 21.0 Å². The van der Waals surface area contributed by atoms with Crippen molar-refractivity contribution in [3.05, 3.63) is 27.6 Å². The number of aromatic nitrogens is 2. The van der Waals surface area contributed by atoms with E-state index in [1.807, 2.05) is 0 Å². The number of aromatic carboxylic acids is 1. The molecule has 5 heteroatoms. The van der Waals surface area contributed by atoms with E-state index in [4.69, 9.17) is 5.11 Å². The molecule has 2 aromatic rings. The fourth-order valence-corrected chi connectivity index (χ4v) is 1.77. The fraction of sp³-hybridized carbons (Fsp3) is 0. The first-order valence-corrected chi connectivity index (χ1v) is 4.63. The van der Waals surface area contributed by atoms with E-state index in [0.717, 1.165) is 3.57 Å². The van der Waals surface area contributed by atoms with E-state index in [1.165, 1.54) is 6.33 Å². The quantitative estimate of drug-likeness (QED) is 0.787. The van der Waals surface area contributed by atoms with Crippen molar-refractivity contribution in [1.82, 2.24) is 9.97 Å². The van der Waals surface area contributed by atoms with E-state index in [9.17, 15) is 4.79 Å². The zero-order valence-electron chi connectivity index (χ0n) is 6.41. The lowest BCUT2D eigenvalue weighted by Crippen LogP contribution is -1.97. The van der Waals surface area contributed by atoms with Gasteiger partial charge in [-0.15, -0.1) is 0 Å². The Bertz CT molecular complexity index is 478. The number of carboxylic acid groups (broad SMARTS) is 1. The van der Waals surface area contributed by atoms with Gasteiger partial charge < -0.3 is 10.1 Å². The number of benzene rings is 1. The van der Waals surface area contributed by atoms with Crippen molar-refractivity contribution in [1.29, 1.82) is 0 Å². The molecule has 1 aromatic carbocycles. The van der Waals surface area contributed by atoms with Crippen molar-refractivity contribution in [3.8, 4) is 0 Å². The summed E-state index contributed by atoms with van der Waals surface area (Å²) in [7, 11) is 0. The van der Waals surface area contributed by atoms with Crippen LogP contribution in [0.3, 0.4) is 0 Å². The lowest BCUT2D eigenvalue weighted by atomic mass is 10.2. The average Bonchev–Trinajstić information content (AvgIpc) is 2.53. The standard InChI is InChI=1S/C8H5IN2O2/c9-5-2-1-4(8(12)13)6-7(5)11-3-10-6/h1-3H,(H,10,11)(H,12,13). The first kappa shape index (κ1) is 8.49. The maximum atomic E-state index is 10.8. The summed E-state index contributed by atoms with van der Waals surface area (Å²) in [5.41, 5.74) is 1.55. The summed E-state index contributed by atoms with van der Waals surface area (Å²) in [4.78, 5) is 17.6. The second kappa shape index (κ2) is 2.99. The van der Waals surface area contributed by atoms with E-state index >= 15 is 0 Å². The van der Waals surface area contributed by atoms with Gasteiger partial charge in [-0.3, -0.25) is 0 Å². The molecule has 0 aliphatic rings. The molecule has 2 N–H and O–H groups in total. The second-order valence-corrected chi connectivity index (χ2v) is 3.69. The van der Waals surface area contributed by atoms with Gasteiger partial charge >= 0.3 is 5.97 Å². The molecule has 0 fully saturated rings. The molecular formula is C8H5IN2O2. The number of carboxylic acids is 1. The van der Waals surface area contributed by atoms with Crippen LogP contribution in [0, 0.1) is 3.57 Å². The Morgan fingerprint density at radius 2 is 2.31 bits per heavy atom. The number of H-pyrrole nitrogens is 1. The van der Waals surface area contributed by atoms with Crippen molar-refractivity contribution in [2.75, 3.05) is 0 Å². The number of rotatable bonds is 1. The lowest BCUT2D eigenvalue weighted by molar-refractivity contribution is 0.0699. The predicted octanol–water partition coefficient (Wildman–Crippen LogP) is 1.87. The molecule has 2 rings (SSSR count). The first-order chi connectivity index (χ1) is 6.20. The maximum absolute atomic E-state index is 10.8. The fourth-order valence-electron chi connectivity index (χ4n) is 1.18. The zero-order chi connectivity index (χ0) is 9.42. The Hall–Kier alpha value is -1.11. The molecule has 1 aromatic heterocycles. The van der Waals surface area contributed by atoms with Gasteiger partial charge in [-0.2, -0.15) is 0 Å². The Morgan fingerprint density at radius 3 is 3.00 bits per heavy atom. The molecule has 0 radical (unpaired) electrons. The molecule has 0 bridgehead atoms. The molecule has 0 unspecified atom stereocenters. The number of nitrogens with zero attached hydrogens (tertiary/aromatic N) is 1. The molecule has 1 heterocycles. The third-order valence-electron chi connectivity index (χ3n) is 1.76. The smallest absolute Gasteiger partial charge is 0.337 e. The predicted molar refractivity (Wildman–Crippen MR) is 55.8 cm³/mol. The Kier molecular flexibility index (Phi) is 1.95. The van der Waals surface area contributed by atoms with Crippen molar-refractivity contribution in [2.45, 2.75) is 0 Å². The van der Waals surface area contributed by atoms with Gasteiger partial charge in [0.05, 0.1) is 17.4 Å². The topological polar surface area (TPSA) is 66.0 Å². The minimum Gasteiger partial charge on any atom is -0.478 e. The van der Waals surface area contributed by atoms with Crippen LogP contribution in [0.1, 0.15) is 10.4 Å². The minimum atomic E-state index is -0.939. The van der Waals surface area contributed by atoms with E-state index in [2.05, 4.69) is 32.6 Å². The third-order valence-corrected chi connectivity index (χ3v) is 2.63. The summed E-state index contributed by atoms with van der Waals surface area (Å²) in [5.74, 6) is -0.939. The molecule has 0 saturated carbocycles. The van der Waals surface area contributed by atoms with Crippen LogP contribution in [0.25, 0.3) is 11.0 Å². The highest BCUT2D eigenvalue weighted by atomic mass is 127. The van der Waals surface area contributed by atoms with Crippen LogP contribution in [0.4, 0.5) is 0 Å². The monoisotopic (exact) mass is 288 g/mol. The van der Waals surface area contributed by atoms with Crippen LogP contribution in [-0.2, 0) is 0 Å². The number of hydrogen-bond acceptors (Lipinski definition) is 2. The van der Waals surface area contributed by atoms with Crippen LogP contribution < -0.4 is 0 Å². The number of carbonyl (C=O) groups is 1. The molecule has 0 spiro atoms. The first-order valence-electron chi connectivity index (χ1n) is 3.55. The number of nitrogens with one attached hydrogen (secondary N) is 1. The zero-order valence-corrected chi connectivity index (χ0v) is 8.57. The normalized spacial score (nSPS) is 10.5. The summed E-state index contributed by atoms with van der Waals surface area (Å²) in [6.45, 7) is 0. The van der Waals surface area contributed by atoms with Crippen LogP contribution in [0.5, 0.6) is 0 Å². The largest absolute Gasteiger partial charge is 0.478 e. The van der Waals surface area contributed by atoms with E-state index in [0.29, 0.717) is 11.0 Å². The summed E-state index contributed by atoms with van der Waals surface area (Å²) in [6, 6.07) is 3.32. The van der Waals surface area contributed by atoms with Crippen molar-refractivity contribution in [3.63, 3.8) is 0 Å². The van der Waals surface area contributed by atoms with Gasteiger partial charge in [0.2, 0.25) is 0 Å². The SMILES string of the molecule is O=C(O)c1ccc(I)c2nc[nH]c12. The molecule has 0 atom stereocenters. The number of aromatic amines is 1. The molecule has 0 aliphatic heterocycles. The van der Waals surface area contributed by atoms with Gasteiger partial charge in [-0.1, -0.05) is 0 Å². The highest BCUT2D eigenvalue weighted by molar-refractivity contribution is 14.1. The molecule has 0 saturated heterocycles. The molecule has 0 amide bonds. The van der Waals surface area contributed by atoms with Crippen LogP contribution in [0.2, 0.25) is 0 Å². The van der Waals surface area contributed by atoms with Gasteiger partial charge in [0.15, 0.2) is 0 Å². The number of fused-ring (bicyclic) bond motifs is 1. The van der Waals surface area contributed by atoms with E-state index in [1.54, 1.807) is 12.1 Å². The van der Waals surface area contributed by atoms with Crippen molar-refractivity contribution < 1.29 is 9.90 Å². The molecule has 0 aliphatic carbocycles. The summed E-state index contributed by atoms with van der Waals surface area (Å²) >= 11 is 2.12. The Balaban J connectivity index is 2.86. The van der Waals surface area contributed by atoms with Gasteiger partial charge in [0, 0.05) is 3.57 Å². The number of hydrogen-bond donors (Lipinski definition) is 2. The van der Waals surface area contributed by atoms with Gasteiger partial charge in [0.1, 0.15) is 5.52 Å². The maximum Gasteiger partial charge on any atom is 0.337 e. The Labute approximate surface area is 87.1 Å². The summed E-state index contributed by atoms with van der Waals surface area (Å²) < 4.78 is 0.943. The van der Waals surface area contributed by atoms with Gasteiger partial charge in [0.25, 0.3) is 0 Å². The number of imidazole rings is 1. The van der Waals surface area contributed by atoms with Crippen molar-refractivity contribution >= 4 is 39.6 Å². The minimum absolute atomic E-state index is 0.257. The molecule has 4 nitrogen and oxygen atoms in total. The highest BCUT2D eigenvalue weighted by Gasteiger charge is 2.11. The van der Waals surface area contributed by atoms with E-state index < -0.39 is 5.97 Å². The summed E-state index contributed by atoms with van der Waals surface area (Å²) in [6.07, 6.45) is 1.50. The van der Waals surface area contributed by atoms with E-state index in [-0.39, 0.29) is 5.56 Å². The van der Waals surface area contributed by atoms with Crippen molar-refractivity contribution in [2.24, 2.45) is 0 Å². The van der Waals surface area contributed by atoms with Gasteiger partial charge in [-0.05, 0) is 34.7 Å². The number of halogens is 1. The summed E-state index contributed by atoms with van der Waals surface area (Å²) in [5, 5.41) is 8.84. The average molecular weight is 288 g/mol. The van der Waals surface area contributed by atoms with Gasteiger partial charge in [-0.25, -0.2) is 9.78 Å². The highest BCUT2D eigenvalue weighted by Crippen LogP contribution is 2.20. The van der Waals surface area contributed by atoms with Crippen LogP contribution in [0.15, 0.2) is 18.5 Å². The molecule has 13 heavy (non-hydrogen) atoms. The Morgan fingerprint density at radius 1 is 1.54 bits per heavy atom. The van der Waals surface area contributed by atoms with Crippen LogP contribution >= 0.6 is 22.6 Å². The molecular weight excluding hydrogens is 283 g/mol. The second-order valence-electron chi connectivity index (χ2n) is 2.53.